The summed E-state index contributed by atoms with van der Waals surface area (Å²) in [5, 5.41) is 13.2. The summed E-state index contributed by atoms with van der Waals surface area (Å²) in [6.45, 7) is 9.60. The lowest BCUT2D eigenvalue weighted by Crippen LogP contribution is -2.40. The van der Waals surface area contributed by atoms with Crippen molar-refractivity contribution < 1.29 is 4.79 Å². The van der Waals surface area contributed by atoms with Gasteiger partial charge in [0.1, 0.15) is 11.5 Å². The third kappa shape index (κ3) is 3.50. The van der Waals surface area contributed by atoms with Gasteiger partial charge in [0, 0.05) is 26.1 Å². The van der Waals surface area contributed by atoms with Gasteiger partial charge in [-0.05, 0) is 51.9 Å². The zero-order valence-corrected chi connectivity index (χ0v) is 16.6. The van der Waals surface area contributed by atoms with Crippen molar-refractivity contribution in [1.82, 2.24) is 34.3 Å². The highest BCUT2D eigenvalue weighted by molar-refractivity contribution is 5.92. The lowest BCUT2D eigenvalue weighted by Gasteiger charge is -2.33. The van der Waals surface area contributed by atoms with Crippen LogP contribution in [0.15, 0.2) is 6.07 Å². The number of amides is 1. The number of aryl methyl sites for hydroxylation is 2. The molecule has 4 rings (SSSR count). The van der Waals surface area contributed by atoms with Crippen LogP contribution in [0.4, 0.5) is 0 Å². The number of nitrogens with zero attached hydrogens (tertiary/aromatic N) is 7. The number of likely N-dealkylation sites (tertiary alicyclic amines) is 1. The fourth-order valence-corrected chi connectivity index (χ4v) is 4.36. The van der Waals surface area contributed by atoms with E-state index < -0.39 is 0 Å². The van der Waals surface area contributed by atoms with E-state index in [0.717, 1.165) is 49.8 Å². The smallest absolute Gasteiger partial charge is 0.272 e. The minimum atomic E-state index is 0.0155. The van der Waals surface area contributed by atoms with Crippen molar-refractivity contribution in [3.05, 3.63) is 29.1 Å². The summed E-state index contributed by atoms with van der Waals surface area (Å²) >= 11 is 0. The number of piperidine rings is 1. The Bertz CT molecular complexity index is 816. The lowest BCUT2D eigenvalue weighted by molar-refractivity contribution is 0.0694. The number of hydrogen-bond acceptors (Lipinski definition) is 5. The molecule has 0 aromatic carbocycles. The van der Waals surface area contributed by atoms with Crippen LogP contribution in [-0.4, -0.2) is 66.4 Å². The van der Waals surface area contributed by atoms with Crippen LogP contribution in [-0.2, 0) is 20.1 Å². The Balaban J connectivity index is 1.45. The van der Waals surface area contributed by atoms with Crippen LogP contribution in [0.5, 0.6) is 0 Å². The number of rotatable bonds is 4. The van der Waals surface area contributed by atoms with Gasteiger partial charge >= 0.3 is 0 Å². The van der Waals surface area contributed by atoms with E-state index in [1.54, 1.807) is 4.68 Å². The van der Waals surface area contributed by atoms with E-state index in [0.29, 0.717) is 24.7 Å². The van der Waals surface area contributed by atoms with Gasteiger partial charge in [-0.15, -0.1) is 10.2 Å². The van der Waals surface area contributed by atoms with Crippen molar-refractivity contribution in [3.63, 3.8) is 0 Å². The molecule has 0 aliphatic carbocycles. The predicted octanol–water partition coefficient (Wildman–Crippen LogP) is 1.57. The van der Waals surface area contributed by atoms with Crippen LogP contribution in [0, 0.1) is 6.92 Å². The Labute approximate surface area is 160 Å². The highest BCUT2D eigenvalue weighted by Crippen LogP contribution is 2.28. The van der Waals surface area contributed by atoms with Crippen LogP contribution in [0.25, 0.3) is 0 Å². The quantitative estimate of drug-likeness (QED) is 0.816. The summed E-state index contributed by atoms with van der Waals surface area (Å²) in [6.07, 6.45) is 3.51. The Morgan fingerprint density at radius 3 is 2.63 bits per heavy atom. The van der Waals surface area contributed by atoms with E-state index in [4.69, 9.17) is 0 Å². The highest BCUT2D eigenvalue weighted by Gasteiger charge is 2.30. The second-order valence-electron chi connectivity index (χ2n) is 7.76. The van der Waals surface area contributed by atoms with Crippen LogP contribution in [0.3, 0.4) is 0 Å². The topological polar surface area (TPSA) is 72.1 Å². The molecule has 1 fully saturated rings. The molecular weight excluding hydrogens is 342 g/mol. The Hall–Kier alpha value is -2.22. The maximum Gasteiger partial charge on any atom is 0.272 e. The molecule has 0 spiro atoms. The molecule has 1 amide bonds. The van der Waals surface area contributed by atoms with Crippen LogP contribution >= 0.6 is 0 Å². The Kier molecular flexibility index (Phi) is 4.99. The Morgan fingerprint density at radius 2 is 1.96 bits per heavy atom. The predicted molar refractivity (Wildman–Crippen MR) is 101 cm³/mol. The van der Waals surface area contributed by atoms with Crippen LogP contribution in [0.1, 0.15) is 59.9 Å². The molecule has 27 heavy (non-hydrogen) atoms. The third-order valence-corrected chi connectivity index (χ3v) is 5.78. The third-order valence-electron chi connectivity index (χ3n) is 5.78. The van der Waals surface area contributed by atoms with Gasteiger partial charge in [0.2, 0.25) is 0 Å². The molecule has 8 nitrogen and oxygen atoms in total. The zero-order valence-electron chi connectivity index (χ0n) is 16.6. The fourth-order valence-electron chi connectivity index (χ4n) is 4.36. The monoisotopic (exact) mass is 371 g/mol. The normalized spacial score (nSPS) is 18.7. The van der Waals surface area contributed by atoms with Gasteiger partial charge < -0.3 is 14.4 Å². The summed E-state index contributed by atoms with van der Waals surface area (Å²) in [5.41, 5.74) is 1.49. The molecule has 0 bridgehead atoms. The summed E-state index contributed by atoms with van der Waals surface area (Å²) in [4.78, 5) is 17.2. The molecule has 2 aliphatic heterocycles. The summed E-state index contributed by atoms with van der Waals surface area (Å²) < 4.78 is 3.91. The minimum Gasteiger partial charge on any atom is -0.328 e. The van der Waals surface area contributed by atoms with Crippen molar-refractivity contribution in [2.75, 3.05) is 26.2 Å². The number of fused-ring (bicyclic) bond motifs is 1. The van der Waals surface area contributed by atoms with E-state index in [-0.39, 0.29) is 5.91 Å². The van der Waals surface area contributed by atoms with Gasteiger partial charge in [-0.2, -0.15) is 5.10 Å². The molecule has 0 N–H and O–H groups in total. The molecule has 2 aliphatic rings. The first-order chi connectivity index (χ1) is 13.1. The summed E-state index contributed by atoms with van der Waals surface area (Å²) in [6, 6.07) is 1.84. The molecule has 8 heteroatoms. The fraction of sp³-hybridized carbons (Fsp3) is 0.684. The first-order valence-electron chi connectivity index (χ1n) is 10.0. The van der Waals surface area contributed by atoms with Gasteiger partial charge in [-0.25, -0.2) is 0 Å². The van der Waals surface area contributed by atoms with Crippen molar-refractivity contribution in [2.45, 2.75) is 52.1 Å². The first-order valence-corrected chi connectivity index (χ1v) is 10.0. The molecule has 0 radical (unpaired) electrons. The number of hydrogen-bond donors (Lipinski definition) is 0. The van der Waals surface area contributed by atoms with Crippen molar-refractivity contribution in [2.24, 2.45) is 7.05 Å². The average Bonchev–Trinajstić information content (AvgIpc) is 3.24. The SMILES string of the molecule is CCCN1CCC(c2nnc3n2CCN(C(=O)c2cc(C)nn2C)C3)CC1. The van der Waals surface area contributed by atoms with Crippen molar-refractivity contribution in [3.8, 4) is 0 Å². The molecule has 2 aromatic heterocycles. The van der Waals surface area contributed by atoms with E-state index in [1.807, 2.05) is 24.9 Å². The number of carbonyl (C=O) groups is 1. The average molecular weight is 371 g/mol. The molecule has 0 saturated carbocycles. The van der Waals surface area contributed by atoms with Crippen molar-refractivity contribution >= 4 is 5.91 Å². The van der Waals surface area contributed by atoms with Gasteiger partial charge in [0.25, 0.3) is 5.91 Å². The Morgan fingerprint density at radius 1 is 1.19 bits per heavy atom. The lowest BCUT2D eigenvalue weighted by atomic mass is 9.95. The standard InChI is InChI=1S/C19H29N7O/c1-4-7-24-8-5-15(6-9-24)18-21-20-17-13-25(10-11-26(17)18)19(27)16-12-14(2)22-23(16)3/h12,15H,4-11,13H2,1-3H3. The number of carbonyl (C=O) groups excluding carboxylic acids is 1. The van der Waals surface area contributed by atoms with E-state index >= 15 is 0 Å². The van der Waals surface area contributed by atoms with E-state index in [2.05, 4.69) is 31.7 Å². The molecule has 0 unspecified atom stereocenters. The van der Waals surface area contributed by atoms with Crippen LogP contribution < -0.4 is 0 Å². The van der Waals surface area contributed by atoms with E-state index in [9.17, 15) is 4.79 Å². The molecule has 0 atom stereocenters. The molecule has 146 valence electrons. The minimum absolute atomic E-state index is 0.0155. The first kappa shape index (κ1) is 18.2. The molecule has 1 saturated heterocycles. The van der Waals surface area contributed by atoms with Gasteiger partial charge in [-0.3, -0.25) is 9.48 Å². The van der Waals surface area contributed by atoms with Crippen molar-refractivity contribution in [1.29, 1.82) is 0 Å². The largest absolute Gasteiger partial charge is 0.328 e. The van der Waals surface area contributed by atoms with Gasteiger partial charge in [-0.1, -0.05) is 6.92 Å². The summed E-state index contributed by atoms with van der Waals surface area (Å²) in [7, 11) is 1.82. The highest BCUT2D eigenvalue weighted by atomic mass is 16.2. The molecule has 2 aromatic rings. The molecule has 4 heterocycles. The maximum atomic E-state index is 12.9. The second-order valence-corrected chi connectivity index (χ2v) is 7.76. The van der Waals surface area contributed by atoms with E-state index in [1.165, 1.54) is 13.0 Å². The molecular formula is C19H29N7O. The zero-order chi connectivity index (χ0) is 19.0. The second kappa shape index (κ2) is 7.42. The van der Waals surface area contributed by atoms with Gasteiger partial charge in [0.15, 0.2) is 5.82 Å². The maximum absolute atomic E-state index is 12.9. The van der Waals surface area contributed by atoms with Gasteiger partial charge in [0.05, 0.1) is 12.2 Å². The number of aromatic nitrogens is 5. The summed E-state index contributed by atoms with van der Waals surface area (Å²) in [5.74, 6) is 2.52. The van der Waals surface area contributed by atoms with Crippen LogP contribution in [0.2, 0.25) is 0 Å².